The lowest BCUT2D eigenvalue weighted by molar-refractivity contribution is 0.102. The van der Waals surface area contributed by atoms with Crippen molar-refractivity contribution < 1.29 is 4.79 Å². The standard InChI is InChI=1S/C22H31N3O/c1-5-23-15-20-9-7-8-10-21(20)24-22(26)19-13-11-18(12-14-19)16-25(6-2)17(3)4/h7-14,17,23H,5-6,15-16H2,1-4H3,(H,24,26). The molecule has 0 aliphatic rings. The van der Waals surface area contributed by atoms with Gasteiger partial charge in [0.05, 0.1) is 0 Å². The van der Waals surface area contributed by atoms with E-state index in [1.165, 1.54) is 5.56 Å². The minimum absolute atomic E-state index is 0.0725. The van der Waals surface area contributed by atoms with E-state index in [-0.39, 0.29) is 5.91 Å². The third kappa shape index (κ3) is 5.68. The summed E-state index contributed by atoms with van der Waals surface area (Å²) in [5.74, 6) is -0.0725. The Balaban J connectivity index is 2.04. The summed E-state index contributed by atoms with van der Waals surface area (Å²) in [4.78, 5) is 15.0. The Hall–Kier alpha value is -2.17. The minimum Gasteiger partial charge on any atom is -0.322 e. The zero-order valence-electron chi connectivity index (χ0n) is 16.4. The van der Waals surface area contributed by atoms with Crippen LogP contribution in [0.15, 0.2) is 48.5 Å². The van der Waals surface area contributed by atoms with Crippen molar-refractivity contribution in [3.05, 3.63) is 65.2 Å². The van der Waals surface area contributed by atoms with E-state index >= 15 is 0 Å². The number of hydrogen-bond donors (Lipinski definition) is 2. The predicted octanol–water partition coefficient (Wildman–Crippen LogP) is 4.28. The number of nitrogens with one attached hydrogen (secondary N) is 2. The Morgan fingerprint density at radius 3 is 2.35 bits per heavy atom. The summed E-state index contributed by atoms with van der Waals surface area (Å²) in [5.41, 5.74) is 3.86. The van der Waals surface area contributed by atoms with E-state index in [4.69, 9.17) is 0 Å². The van der Waals surface area contributed by atoms with Crippen LogP contribution >= 0.6 is 0 Å². The molecule has 2 aromatic rings. The van der Waals surface area contributed by atoms with Crippen LogP contribution in [0, 0.1) is 0 Å². The molecule has 0 unspecified atom stereocenters. The zero-order valence-corrected chi connectivity index (χ0v) is 16.4. The van der Waals surface area contributed by atoms with Crippen LogP contribution in [0.25, 0.3) is 0 Å². The molecule has 2 aromatic carbocycles. The van der Waals surface area contributed by atoms with Gasteiger partial charge in [-0.25, -0.2) is 0 Å². The van der Waals surface area contributed by atoms with E-state index in [1.807, 2.05) is 48.5 Å². The topological polar surface area (TPSA) is 44.4 Å². The van der Waals surface area contributed by atoms with Gasteiger partial charge in [0.15, 0.2) is 0 Å². The van der Waals surface area contributed by atoms with Crippen LogP contribution in [-0.2, 0) is 13.1 Å². The Morgan fingerprint density at radius 2 is 1.73 bits per heavy atom. The molecule has 0 aliphatic heterocycles. The van der Waals surface area contributed by atoms with Crippen molar-refractivity contribution in [3.63, 3.8) is 0 Å². The van der Waals surface area contributed by atoms with E-state index in [9.17, 15) is 4.79 Å². The van der Waals surface area contributed by atoms with Crippen LogP contribution in [-0.4, -0.2) is 29.9 Å². The third-order valence-electron chi connectivity index (χ3n) is 4.57. The molecule has 4 heteroatoms. The molecule has 0 saturated carbocycles. The number of rotatable bonds is 9. The maximum Gasteiger partial charge on any atom is 0.255 e. The maximum absolute atomic E-state index is 12.6. The van der Waals surface area contributed by atoms with Gasteiger partial charge in [-0.2, -0.15) is 0 Å². The molecule has 2 rings (SSSR count). The number of amides is 1. The lowest BCUT2D eigenvalue weighted by Gasteiger charge is -2.24. The Morgan fingerprint density at radius 1 is 1.04 bits per heavy atom. The SMILES string of the molecule is CCNCc1ccccc1NC(=O)c1ccc(CN(CC)C(C)C)cc1. The fourth-order valence-corrected chi connectivity index (χ4v) is 2.91. The molecule has 0 atom stereocenters. The first-order chi connectivity index (χ1) is 12.5. The number of hydrogen-bond acceptors (Lipinski definition) is 3. The second-order valence-corrected chi connectivity index (χ2v) is 6.75. The van der Waals surface area contributed by atoms with Gasteiger partial charge in [-0.3, -0.25) is 9.69 Å². The van der Waals surface area contributed by atoms with Crippen LogP contribution < -0.4 is 10.6 Å². The smallest absolute Gasteiger partial charge is 0.255 e. The highest BCUT2D eigenvalue weighted by Gasteiger charge is 2.11. The molecular formula is C22H31N3O. The highest BCUT2D eigenvalue weighted by molar-refractivity contribution is 6.04. The first-order valence-corrected chi connectivity index (χ1v) is 9.48. The largest absolute Gasteiger partial charge is 0.322 e. The third-order valence-corrected chi connectivity index (χ3v) is 4.57. The number of para-hydroxylation sites is 1. The fraction of sp³-hybridized carbons (Fsp3) is 0.409. The molecule has 26 heavy (non-hydrogen) atoms. The molecule has 0 saturated heterocycles. The number of carbonyl (C=O) groups is 1. The summed E-state index contributed by atoms with van der Waals surface area (Å²) >= 11 is 0. The highest BCUT2D eigenvalue weighted by Crippen LogP contribution is 2.17. The molecule has 0 heterocycles. The number of nitrogens with zero attached hydrogens (tertiary/aromatic N) is 1. The molecule has 0 aliphatic carbocycles. The first-order valence-electron chi connectivity index (χ1n) is 9.48. The van der Waals surface area contributed by atoms with E-state index in [1.54, 1.807) is 0 Å². The summed E-state index contributed by atoms with van der Waals surface area (Å²) in [7, 11) is 0. The van der Waals surface area contributed by atoms with E-state index < -0.39 is 0 Å². The van der Waals surface area contributed by atoms with Crippen LogP contribution in [0.3, 0.4) is 0 Å². The minimum atomic E-state index is -0.0725. The van der Waals surface area contributed by atoms with Gasteiger partial charge in [0.2, 0.25) is 0 Å². The zero-order chi connectivity index (χ0) is 18.9. The molecule has 0 radical (unpaired) electrons. The van der Waals surface area contributed by atoms with Gasteiger partial charge in [-0.15, -0.1) is 0 Å². The molecule has 0 fully saturated rings. The lowest BCUT2D eigenvalue weighted by atomic mass is 10.1. The van der Waals surface area contributed by atoms with Crippen LogP contribution in [0.4, 0.5) is 5.69 Å². The van der Waals surface area contributed by atoms with Gasteiger partial charge in [0.25, 0.3) is 5.91 Å². The van der Waals surface area contributed by atoms with E-state index in [0.717, 1.165) is 37.4 Å². The second-order valence-electron chi connectivity index (χ2n) is 6.75. The van der Waals surface area contributed by atoms with E-state index in [0.29, 0.717) is 11.6 Å². The summed E-state index contributed by atoms with van der Waals surface area (Å²) in [6, 6.07) is 16.3. The molecular weight excluding hydrogens is 322 g/mol. The van der Waals surface area contributed by atoms with Crippen LogP contribution in [0.1, 0.15) is 49.2 Å². The lowest BCUT2D eigenvalue weighted by Crippen LogP contribution is -2.29. The summed E-state index contributed by atoms with van der Waals surface area (Å²) in [5, 5.41) is 6.34. The highest BCUT2D eigenvalue weighted by atomic mass is 16.1. The number of carbonyl (C=O) groups excluding carboxylic acids is 1. The average molecular weight is 354 g/mol. The Kier molecular flexibility index (Phi) is 7.82. The summed E-state index contributed by atoms with van der Waals surface area (Å²) in [6.45, 7) is 12.2. The van der Waals surface area contributed by atoms with Gasteiger partial charge < -0.3 is 10.6 Å². The van der Waals surface area contributed by atoms with Crippen LogP contribution in [0.2, 0.25) is 0 Å². The molecule has 0 spiro atoms. The summed E-state index contributed by atoms with van der Waals surface area (Å²) in [6.07, 6.45) is 0. The monoisotopic (exact) mass is 353 g/mol. The van der Waals surface area contributed by atoms with Crippen LogP contribution in [0.5, 0.6) is 0 Å². The Labute approximate surface area is 157 Å². The summed E-state index contributed by atoms with van der Waals surface area (Å²) < 4.78 is 0. The molecule has 0 bridgehead atoms. The molecule has 1 amide bonds. The quantitative estimate of drug-likeness (QED) is 0.707. The molecule has 140 valence electrons. The van der Waals surface area contributed by atoms with Crippen molar-refractivity contribution in [2.24, 2.45) is 0 Å². The average Bonchev–Trinajstić information content (AvgIpc) is 2.65. The second kappa shape index (κ2) is 10.1. The van der Waals surface area contributed by atoms with Gasteiger partial charge in [-0.05, 0) is 56.3 Å². The van der Waals surface area contributed by atoms with Crippen molar-refractivity contribution in [2.75, 3.05) is 18.4 Å². The van der Waals surface area contributed by atoms with Crippen molar-refractivity contribution in [3.8, 4) is 0 Å². The normalized spacial score (nSPS) is 11.2. The van der Waals surface area contributed by atoms with Gasteiger partial charge in [0, 0.05) is 30.4 Å². The van der Waals surface area contributed by atoms with Gasteiger partial charge >= 0.3 is 0 Å². The molecule has 2 N–H and O–H groups in total. The molecule has 0 aromatic heterocycles. The predicted molar refractivity (Wildman–Crippen MR) is 109 cm³/mol. The molecule has 4 nitrogen and oxygen atoms in total. The van der Waals surface area contributed by atoms with Crippen molar-refractivity contribution >= 4 is 11.6 Å². The first kappa shape index (κ1) is 20.1. The van der Waals surface area contributed by atoms with Crippen molar-refractivity contribution in [1.82, 2.24) is 10.2 Å². The number of benzene rings is 2. The van der Waals surface area contributed by atoms with Crippen molar-refractivity contribution in [2.45, 2.75) is 46.8 Å². The fourth-order valence-electron chi connectivity index (χ4n) is 2.91. The maximum atomic E-state index is 12.6. The van der Waals surface area contributed by atoms with Gasteiger partial charge in [-0.1, -0.05) is 44.2 Å². The van der Waals surface area contributed by atoms with Crippen molar-refractivity contribution in [1.29, 1.82) is 0 Å². The Bertz CT molecular complexity index is 695. The van der Waals surface area contributed by atoms with Gasteiger partial charge in [0.1, 0.15) is 0 Å². The van der Waals surface area contributed by atoms with E-state index in [2.05, 4.69) is 43.2 Å². The number of anilines is 1.